The summed E-state index contributed by atoms with van der Waals surface area (Å²) >= 11 is 0. The topological polar surface area (TPSA) is 29.3 Å². The molecule has 5 heteroatoms. The number of hydrogen-bond donors (Lipinski definition) is 1. The van der Waals surface area contributed by atoms with Crippen molar-refractivity contribution >= 4 is 0 Å². The van der Waals surface area contributed by atoms with Gasteiger partial charge in [0.05, 0.1) is 0 Å². The summed E-state index contributed by atoms with van der Waals surface area (Å²) in [5.74, 6) is 0. The van der Waals surface area contributed by atoms with Crippen molar-refractivity contribution < 1.29 is 13.2 Å². The van der Waals surface area contributed by atoms with E-state index < -0.39 is 12.2 Å². The number of unbranched alkanes of at least 4 members (excludes halogenated alkanes) is 2. The summed E-state index contributed by atoms with van der Waals surface area (Å²) in [4.78, 5) is 1.45. The predicted octanol–water partition coefficient (Wildman–Crippen LogP) is 2.78. The average Bonchev–Trinajstić information content (AvgIpc) is 2.14. The number of alkyl halides is 3. The fraction of sp³-hybridized carbons (Fsp3) is 1.00. The molecule has 0 bridgehead atoms. The lowest BCUT2D eigenvalue weighted by Crippen LogP contribution is -2.53. The monoisotopic (exact) mass is 240 g/mol. The molecule has 1 atom stereocenters. The third-order valence-corrected chi connectivity index (χ3v) is 2.68. The van der Waals surface area contributed by atoms with Gasteiger partial charge in [-0.25, -0.2) is 0 Å². The van der Waals surface area contributed by atoms with Gasteiger partial charge in [-0.2, -0.15) is 13.2 Å². The molecule has 1 unspecified atom stereocenters. The van der Waals surface area contributed by atoms with Crippen molar-refractivity contribution in [3.8, 4) is 0 Å². The van der Waals surface area contributed by atoms with Crippen molar-refractivity contribution in [1.29, 1.82) is 0 Å². The summed E-state index contributed by atoms with van der Waals surface area (Å²) in [7, 11) is 0. The zero-order valence-corrected chi connectivity index (χ0v) is 10.3. The Morgan fingerprint density at radius 3 is 2.06 bits per heavy atom. The number of halogens is 3. The van der Waals surface area contributed by atoms with E-state index in [9.17, 15) is 13.2 Å². The molecule has 0 aromatic rings. The minimum atomic E-state index is -4.23. The van der Waals surface area contributed by atoms with Crippen LogP contribution in [0.1, 0.15) is 40.0 Å². The van der Waals surface area contributed by atoms with Crippen LogP contribution in [0.4, 0.5) is 13.2 Å². The van der Waals surface area contributed by atoms with Gasteiger partial charge < -0.3 is 5.73 Å². The summed E-state index contributed by atoms with van der Waals surface area (Å²) in [5, 5.41) is 0. The van der Waals surface area contributed by atoms with Crippen LogP contribution < -0.4 is 5.73 Å². The lowest BCUT2D eigenvalue weighted by atomic mass is 10.1. The predicted molar refractivity (Wildman–Crippen MR) is 60.3 cm³/mol. The molecule has 0 aliphatic rings. The van der Waals surface area contributed by atoms with Crippen LogP contribution in [0, 0.1) is 0 Å². The molecule has 0 aliphatic heterocycles. The molecule has 2 N–H and O–H groups in total. The highest BCUT2D eigenvalue weighted by Crippen LogP contribution is 2.26. The van der Waals surface area contributed by atoms with E-state index in [1.807, 2.05) is 6.92 Å². The number of rotatable bonds is 7. The van der Waals surface area contributed by atoms with E-state index >= 15 is 0 Å². The quantitative estimate of drug-likeness (QED) is 0.693. The highest BCUT2D eigenvalue weighted by atomic mass is 19.4. The van der Waals surface area contributed by atoms with Crippen LogP contribution in [-0.4, -0.2) is 36.2 Å². The third-order valence-electron chi connectivity index (χ3n) is 2.68. The van der Waals surface area contributed by atoms with E-state index in [2.05, 4.69) is 0 Å². The molecule has 0 aromatic heterocycles. The fourth-order valence-electron chi connectivity index (χ4n) is 1.78. The standard InChI is InChI=1S/C11H23F3N2/c1-4-5-6-7-16(9(2)3)10(8-15)11(12,13)14/h9-10H,4-8,15H2,1-3H3. The van der Waals surface area contributed by atoms with Gasteiger partial charge in [0.1, 0.15) is 6.04 Å². The van der Waals surface area contributed by atoms with Gasteiger partial charge in [0, 0.05) is 12.6 Å². The van der Waals surface area contributed by atoms with Crippen LogP contribution in [0.25, 0.3) is 0 Å². The van der Waals surface area contributed by atoms with Gasteiger partial charge in [0.25, 0.3) is 0 Å². The van der Waals surface area contributed by atoms with Gasteiger partial charge in [-0.05, 0) is 26.8 Å². The molecular formula is C11H23F3N2. The Hall–Kier alpha value is -0.290. The highest BCUT2D eigenvalue weighted by Gasteiger charge is 2.43. The normalized spacial score (nSPS) is 14.8. The first-order valence-corrected chi connectivity index (χ1v) is 5.87. The molecule has 0 amide bonds. The molecule has 98 valence electrons. The average molecular weight is 240 g/mol. The second-order valence-electron chi connectivity index (χ2n) is 4.33. The lowest BCUT2D eigenvalue weighted by molar-refractivity contribution is -0.185. The van der Waals surface area contributed by atoms with E-state index in [0.717, 1.165) is 19.3 Å². The van der Waals surface area contributed by atoms with Gasteiger partial charge in [0.15, 0.2) is 0 Å². The van der Waals surface area contributed by atoms with Gasteiger partial charge in [-0.3, -0.25) is 4.90 Å². The van der Waals surface area contributed by atoms with E-state index in [-0.39, 0.29) is 12.6 Å². The van der Waals surface area contributed by atoms with Gasteiger partial charge in [-0.1, -0.05) is 19.8 Å². The number of nitrogens with two attached hydrogens (primary N) is 1. The third kappa shape index (κ3) is 5.16. The minimum absolute atomic E-state index is 0.132. The van der Waals surface area contributed by atoms with E-state index in [1.54, 1.807) is 13.8 Å². The molecule has 0 saturated heterocycles. The Balaban J connectivity index is 4.48. The largest absolute Gasteiger partial charge is 0.405 e. The van der Waals surface area contributed by atoms with Crippen LogP contribution in [-0.2, 0) is 0 Å². The van der Waals surface area contributed by atoms with Crippen molar-refractivity contribution in [3.63, 3.8) is 0 Å². The van der Waals surface area contributed by atoms with Crippen LogP contribution in [0.15, 0.2) is 0 Å². The molecule has 0 saturated carbocycles. The Labute approximate surface area is 96.0 Å². The van der Waals surface area contributed by atoms with Crippen LogP contribution in [0.2, 0.25) is 0 Å². The molecular weight excluding hydrogens is 217 g/mol. The molecule has 0 heterocycles. The van der Waals surface area contributed by atoms with Crippen LogP contribution in [0.3, 0.4) is 0 Å². The van der Waals surface area contributed by atoms with E-state index in [4.69, 9.17) is 5.73 Å². The summed E-state index contributed by atoms with van der Waals surface area (Å²) in [6.07, 6.45) is -1.48. The van der Waals surface area contributed by atoms with E-state index in [1.165, 1.54) is 4.90 Å². The zero-order chi connectivity index (χ0) is 12.8. The maximum Gasteiger partial charge on any atom is 0.405 e. The first-order chi connectivity index (χ1) is 7.34. The molecule has 0 spiro atoms. The Kier molecular flexibility index (Phi) is 6.99. The Bertz CT molecular complexity index is 181. The van der Waals surface area contributed by atoms with Gasteiger partial charge >= 0.3 is 6.18 Å². The zero-order valence-electron chi connectivity index (χ0n) is 10.3. The first kappa shape index (κ1) is 15.7. The smallest absolute Gasteiger partial charge is 0.329 e. The lowest BCUT2D eigenvalue weighted by Gasteiger charge is -2.35. The maximum absolute atomic E-state index is 12.7. The fourth-order valence-corrected chi connectivity index (χ4v) is 1.78. The molecule has 0 radical (unpaired) electrons. The molecule has 0 rings (SSSR count). The van der Waals surface area contributed by atoms with E-state index in [0.29, 0.717) is 6.54 Å². The summed E-state index contributed by atoms with van der Waals surface area (Å²) in [5.41, 5.74) is 5.24. The maximum atomic E-state index is 12.7. The number of nitrogens with zero attached hydrogens (tertiary/aromatic N) is 1. The van der Waals surface area contributed by atoms with Crippen LogP contribution >= 0.6 is 0 Å². The molecule has 0 aromatic carbocycles. The second kappa shape index (κ2) is 7.12. The Morgan fingerprint density at radius 1 is 1.19 bits per heavy atom. The number of hydrogen-bond acceptors (Lipinski definition) is 2. The van der Waals surface area contributed by atoms with Crippen LogP contribution in [0.5, 0.6) is 0 Å². The molecule has 0 aliphatic carbocycles. The van der Waals surface area contributed by atoms with Crippen molar-refractivity contribution in [2.24, 2.45) is 5.73 Å². The van der Waals surface area contributed by atoms with Gasteiger partial charge in [-0.15, -0.1) is 0 Å². The summed E-state index contributed by atoms with van der Waals surface area (Å²) in [6.45, 7) is 5.69. The van der Waals surface area contributed by atoms with Crippen molar-refractivity contribution in [2.45, 2.75) is 58.3 Å². The summed E-state index contributed by atoms with van der Waals surface area (Å²) in [6, 6.07) is -1.64. The molecule has 2 nitrogen and oxygen atoms in total. The SMILES string of the molecule is CCCCCN(C(C)C)C(CN)C(F)(F)F. The van der Waals surface area contributed by atoms with Crippen molar-refractivity contribution in [2.75, 3.05) is 13.1 Å². The first-order valence-electron chi connectivity index (χ1n) is 5.87. The van der Waals surface area contributed by atoms with Gasteiger partial charge in [0.2, 0.25) is 0 Å². The molecule has 0 fully saturated rings. The van der Waals surface area contributed by atoms with Crippen molar-refractivity contribution in [3.05, 3.63) is 0 Å². The highest BCUT2D eigenvalue weighted by molar-refractivity contribution is 4.81. The summed E-state index contributed by atoms with van der Waals surface area (Å²) < 4.78 is 38.2. The molecule has 16 heavy (non-hydrogen) atoms. The van der Waals surface area contributed by atoms with Crippen molar-refractivity contribution in [1.82, 2.24) is 4.90 Å². The minimum Gasteiger partial charge on any atom is -0.329 e. The Morgan fingerprint density at radius 2 is 1.75 bits per heavy atom. The second-order valence-corrected chi connectivity index (χ2v) is 4.33.